The Morgan fingerprint density at radius 3 is 2.75 bits per heavy atom. The van der Waals surface area contributed by atoms with Crippen LogP contribution >= 0.6 is 0 Å². The van der Waals surface area contributed by atoms with Gasteiger partial charge in [0.25, 0.3) is 0 Å². The van der Waals surface area contributed by atoms with Crippen molar-refractivity contribution in [2.24, 2.45) is 0 Å². The highest BCUT2D eigenvalue weighted by atomic mass is 32.2. The summed E-state index contributed by atoms with van der Waals surface area (Å²) in [7, 11) is -2.82. The van der Waals surface area contributed by atoms with E-state index in [9.17, 15) is 8.42 Å². The van der Waals surface area contributed by atoms with Gasteiger partial charge in [0.15, 0.2) is 9.84 Å². The van der Waals surface area contributed by atoms with E-state index in [1.54, 1.807) is 6.92 Å². The predicted molar refractivity (Wildman–Crippen MR) is 45.3 cm³/mol. The first-order chi connectivity index (χ1) is 5.53. The van der Waals surface area contributed by atoms with Gasteiger partial charge in [-0.05, 0) is 13.3 Å². The van der Waals surface area contributed by atoms with Crippen molar-refractivity contribution in [3.8, 4) is 6.07 Å². The van der Waals surface area contributed by atoms with Crippen LogP contribution in [0.4, 0.5) is 0 Å². The van der Waals surface area contributed by atoms with Gasteiger partial charge in [0, 0.05) is 6.04 Å². The van der Waals surface area contributed by atoms with E-state index >= 15 is 0 Å². The third kappa shape index (κ3) is 2.47. The predicted octanol–water partition coefficient (Wildman–Crippen LogP) is -0.325. The Hall–Kier alpha value is -0.600. The average molecular weight is 188 g/mol. The molecule has 0 aliphatic carbocycles. The summed E-state index contributed by atoms with van der Waals surface area (Å²) in [6.45, 7) is 1.73. The molecule has 0 saturated carbocycles. The molecule has 0 spiro atoms. The van der Waals surface area contributed by atoms with Crippen LogP contribution in [0.15, 0.2) is 0 Å². The van der Waals surface area contributed by atoms with Gasteiger partial charge >= 0.3 is 0 Å². The van der Waals surface area contributed by atoms with Crippen molar-refractivity contribution in [1.82, 2.24) is 5.32 Å². The second-order valence-electron chi connectivity index (χ2n) is 3.12. The zero-order valence-corrected chi connectivity index (χ0v) is 7.76. The molecule has 1 saturated heterocycles. The van der Waals surface area contributed by atoms with Crippen LogP contribution in [0, 0.1) is 11.3 Å². The topological polar surface area (TPSA) is 70.0 Å². The second-order valence-corrected chi connectivity index (χ2v) is 5.35. The van der Waals surface area contributed by atoms with Gasteiger partial charge in [-0.2, -0.15) is 5.26 Å². The summed E-state index contributed by atoms with van der Waals surface area (Å²) in [5.74, 6) is 0.432. The lowest BCUT2D eigenvalue weighted by Gasteiger charge is -2.11. The molecule has 1 aliphatic rings. The van der Waals surface area contributed by atoms with Crippen molar-refractivity contribution >= 4 is 9.84 Å². The average Bonchev–Trinajstić information content (AvgIpc) is 2.30. The van der Waals surface area contributed by atoms with Gasteiger partial charge in [0.05, 0.1) is 23.6 Å². The van der Waals surface area contributed by atoms with Gasteiger partial charge in [0.1, 0.15) is 0 Å². The van der Waals surface area contributed by atoms with Gasteiger partial charge in [-0.15, -0.1) is 0 Å². The lowest BCUT2D eigenvalue weighted by molar-refractivity contribution is 0.528. The summed E-state index contributed by atoms with van der Waals surface area (Å²) >= 11 is 0. The van der Waals surface area contributed by atoms with Gasteiger partial charge in [-0.1, -0.05) is 0 Å². The maximum Gasteiger partial charge on any atom is 0.151 e. The van der Waals surface area contributed by atoms with Crippen LogP contribution in [0.3, 0.4) is 0 Å². The van der Waals surface area contributed by atoms with E-state index in [0.717, 1.165) is 0 Å². The number of nitrogens with zero attached hydrogens (tertiary/aromatic N) is 1. The SMILES string of the molecule is CC(C#N)NC1CCS(=O)(=O)C1. The van der Waals surface area contributed by atoms with Crippen LogP contribution in [0.25, 0.3) is 0 Å². The van der Waals surface area contributed by atoms with Crippen molar-refractivity contribution in [2.75, 3.05) is 11.5 Å². The maximum atomic E-state index is 11.0. The van der Waals surface area contributed by atoms with Gasteiger partial charge in [-0.25, -0.2) is 8.42 Å². The minimum atomic E-state index is -2.82. The number of hydrogen-bond acceptors (Lipinski definition) is 4. The van der Waals surface area contributed by atoms with Gasteiger partial charge in [0.2, 0.25) is 0 Å². The Morgan fingerprint density at radius 2 is 2.33 bits per heavy atom. The highest BCUT2D eigenvalue weighted by Gasteiger charge is 2.28. The summed E-state index contributed by atoms with van der Waals surface area (Å²) in [5.41, 5.74) is 0. The van der Waals surface area contributed by atoms with Gasteiger partial charge < -0.3 is 0 Å². The number of rotatable bonds is 2. The minimum absolute atomic E-state index is 0.0235. The largest absolute Gasteiger partial charge is 0.298 e. The molecule has 1 rings (SSSR count). The standard InChI is InChI=1S/C7H12N2O2S/c1-6(4-8)9-7-2-3-12(10,11)5-7/h6-7,9H,2-3,5H2,1H3. The highest BCUT2D eigenvalue weighted by molar-refractivity contribution is 7.91. The molecule has 1 aliphatic heterocycles. The normalized spacial score (nSPS) is 29.5. The summed E-state index contributed by atoms with van der Waals surface area (Å²) in [6.07, 6.45) is 0.633. The second kappa shape index (κ2) is 3.42. The Balaban J connectivity index is 2.45. The van der Waals surface area contributed by atoms with Crippen LogP contribution in [0.5, 0.6) is 0 Å². The molecule has 2 atom stereocenters. The fraction of sp³-hybridized carbons (Fsp3) is 0.857. The highest BCUT2D eigenvalue weighted by Crippen LogP contribution is 2.11. The van der Waals surface area contributed by atoms with Crippen LogP contribution in [0.2, 0.25) is 0 Å². The van der Waals surface area contributed by atoms with Crippen molar-refractivity contribution in [1.29, 1.82) is 5.26 Å². The molecule has 1 N–H and O–H groups in total. The molecule has 68 valence electrons. The maximum absolute atomic E-state index is 11.0. The number of sulfone groups is 1. The summed E-state index contributed by atoms with van der Waals surface area (Å²) in [4.78, 5) is 0. The van der Waals surface area contributed by atoms with E-state index in [-0.39, 0.29) is 23.6 Å². The Labute approximate surface area is 72.5 Å². The molecule has 0 bridgehead atoms. The third-order valence-electron chi connectivity index (χ3n) is 1.91. The molecule has 0 aromatic rings. The van der Waals surface area contributed by atoms with Crippen LogP contribution in [-0.2, 0) is 9.84 Å². The van der Waals surface area contributed by atoms with Crippen molar-refractivity contribution in [2.45, 2.75) is 25.4 Å². The molecule has 1 heterocycles. The van der Waals surface area contributed by atoms with E-state index in [4.69, 9.17) is 5.26 Å². The Bertz CT molecular complexity index is 291. The molecule has 0 aromatic heterocycles. The summed E-state index contributed by atoms with van der Waals surface area (Å²) < 4.78 is 22.0. The van der Waals surface area contributed by atoms with Crippen molar-refractivity contribution in [3.63, 3.8) is 0 Å². The van der Waals surface area contributed by atoms with Gasteiger partial charge in [-0.3, -0.25) is 5.32 Å². The number of hydrogen-bond donors (Lipinski definition) is 1. The summed E-state index contributed by atoms with van der Waals surface area (Å²) in [6, 6.07) is 1.73. The lowest BCUT2D eigenvalue weighted by atomic mass is 10.2. The molecular weight excluding hydrogens is 176 g/mol. The summed E-state index contributed by atoms with van der Waals surface area (Å²) in [5, 5.41) is 11.4. The Morgan fingerprint density at radius 1 is 1.67 bits per heavy atom. The lowest BCUT2D eigenvalue weighted by Crippen LogP contribution is -2.36. The monoisotopic (exact) mass is 188 g/mol. The smallest absolute Gasteiger partial charge is 0.151 e. The molecule has 0 amide bonds. The molecule has 1 fully saturated rings. The molecule has 4 nitrogen and oxygen atoms in total. The minimum Gasteiger partial charge on any atom is -0.298 e. The third-order valence-corrected chi connectivity index (χ3v) is 3.68. The fourth-order valence-electron chi connectivity index (χ4n) is 1.32. The first-order valence-corrected chi connectivity index (χ1v) is 5.72. The molecule has 0 radical (unpaired) electrons. The molecule has 0 aromatic carbocycles. The number of nitriles is 1. The van der Waals surface area contributed by atoms with Crippen LogP contribution < -0.4 is 5.32 Å². The van der Waals surface area contributed by atoms with E-state index in [1.165, 1.54) is 0 Å². The molecule has 5 heteroatoms. The van der Waals surface area contributed by atoms with Crippen molar-refractivity contribution < 1.29 is 8.42 Å². The van der Waals surface area contributed by atoms with Crippen LogP contribution in [-0.4, -0.2) is 32.0 Å². The molecule has 12 heavy (non-hydrogen) atoms. The molecule has 2 unspecified atom stereocenters. The molecular formula is C7H12N2O2S. The van der Waals surface area contributed by atoms with Crippen LogP contribution in [0.1, 0.15) is 13.3 Å². The van der Waals surface area contributed by atoms with E-state index < -0.39 is 9.84 Å². The first kappa shape index (κ1) is 9.49. The quantitative estimate of drug-likeness (QED) is 0.644. The zero-order chi connectivity index (χ0) is 9.19. The number of nitrogens with one attached hydrogen (secondary N) is 1. The fourth-order valence-corrected chi connectivity index (χ4v) is 3.00. The Kier molecular flexibility index (Phi) is 2.70. The van der Waals surface area contributed by atoms with Crippen molar-refractivity contribution in [3.05, 3.63) is 0 Å². The zero-order valence-electron chi connectivity index (χ0n) is 6.95. The van der Waals surface area contributed by atoms with E-state index in [1.807, 2.05) is 6.07 Å². The van der Waals surface area contributed by atoms with E-state index in [0.29, 0.717) is 6.42 Å². The first-order valence-electron chi connectivity index (χ1n) is 3.89. The van der Waals surface area contributed by atoms with E-state index in [2.05, 4.69) is 5.32 Å².